The third kappa shape index (κ3) is 2.07. The molecule has 0 spiro atoms. The summed E-state index contributed by atoms with van der Waals surface area (Å²) in [5.74, 6) is 0. The Balaban J connectivity index is 1.67. The topological polar surface area (TPSA) is 3.24 Å². The predicted octanol–water partition coefficient (Wildman–Crippen LogP) is 7.69. The van der Waals surface area contributed by atoms with Gasteiger partial charge in [-0.1, -0.05) is 58.9 Å². The Bertz CT molecular complexity index is 1160. The lowest BCUT2D eigenvalue weighted by molar-refractivity contribution is -0.964. The van der Waals surface area contributed by atoms with Crippen LogP contribution >= 0.6 is 0 Å². The fourth-order valence-electron chi connectivity index (χ4n) is 8.56. The van der Waals surface area contributed by atoms with Crippen LogP contribution in [0.1, 0.15) is 90.1 Å². The van der Waals surface area contributed by atoms with E-state index in [4.69, 9.17) is 0 Å². The molecule has 3 aliphatic heterocycles. The number of nitrogens with zero attached hydrogens (tertiary/aromatic N) is 2. The number of anilines is 1. The van der Waals surface area contributed by atoms with E-state index in [9.17, 15) is 0 Å². The minimum absolute atomic E-state index is 0.292. The summed E-state index contributed by atoms with van der Waals surface area (Å²) in [4.78, 5) is 2.65. The normalized spacial score (nSPS) is 33.8. The van der Waals surface area contributed by atoms with Crippen LogP contribution in [0.25, 0.3) is 11.1 Å². The highest BCUT2D eigenvalue weighted by Crippen LogP contribution is 2.72. The highest BCUT2D eigenvalue weighted by molar-refractivity contribution is 5.87. The number of rotatable bonds is 3. The highest BCUT2D eigenvalue weighted by atomic mass is 15.6. The molecule has 0 saturated heterocycles. The molecule has 0 bridgehead atoms. The molecule has 4 atom stereocenters. The summed E-state index contributed by atoms with van der Waals surface area (Å²) in [6, 6.07) is 14.5. The van der Waals surface area contributed by atoms with Gasteiger partial charge in [-0.05, 0) is 53.5 Å². The van der Waals surface area contributed by atoms with Crippen LogP contribution in [-0.4, -0.2) is 17.1 Å². The first-order valence-electron chi connectivity index (χ1n) is 12.7. The molecular weight excluding hydrogens is 388 g/mol. The van der Waals surface area contributed by atoms with Crippen LogP contribution in [0, 0.1) is 5.41 Å². The van der Waals surface area contributed by atoms with Gasteiger partial charge in [0.1, 0.15) is 11.2 Å². The predicted molar refractivity (Wildman–Crippen MR) is 134 cm³/mol. The third-order valence-electron chi connectivity index (χ3n) is 9.99. The molecule has 1 aliphatic carbocycles. The van der Waals surface area contributed by atoms with E-state index in [-0.39, 0.29) is 0 Å². The Labute approximate surface area is 194 Å². The lowest BCUT2D eigenvalue weighted by atomic mass is 9.45. The summed E-state index contributed by atoms with van der Waals surface area (Å²) in [5.41, 5.74) is 11.5. The maximum absolute atomic E-state index is 2.65. The fourth-order valence-corrected chi connectivity index (χ4v) is 8.56. The Morgan fingerprint density at radius 3 is 2.44 bits per heavy atom. The van der Waals surface area contributed by atoms with Crippen LogP contribution in [0.2, 0.25) is 0 Å². The summed E-state index contributed by atoms with van der Waals surface area (Å²) >= 11 is 0. The quantitative estimate of drug-likeness (QED) is 0.454. The highest BCUT2D eigenvalue weighted by Gasteiger charge is 2.76. The van der Waals surface area contributed by atoms with Gasteiger partial charge in [0.2, 0.25) is 6.17 Å². The van der Waals surface area contributed by atoms with Gasteiger partial charge in [0.25, 0.3) is 0 Å². The van der Waals surface area contributed by atoms with Gasteiger partial charge in [-0.3, -0.25) is 9.38 Å². The second-order valence-electron chi connectivity index (χ2n) is 12.3. The van der Waals surface area contributed by atoms with Crippen molar-refractivity contribution in [3.8, 4) is 11.1 Å². The molecule has 1 fully saturated rings. The van der Waals surface area contributed by atoms with Crippen molar-refractivity contribution in [3.05, 3.63) is 65.0 Å². The average Bonchev–Trinajstić information content (AvgIpc) is 2.99. The van der Waals surface area contributed by atoms with Crippen LogP contribution in [-0.2, 0) is 11.8 Å². The minimum atomic E-state index is 0.292. The summed E-state index contributed by atoms with van der Waals surface area (Å²) < 4.78 is 1.07. The van der Waals surface area contributed by atoms with Crippen LogP contribution < -0.4 is 4.90 Å². The number of fused-ring (bicyclic) bond motifs is 6. The van der Waals surface area contributed by atoms with Crippen molar-refractivity contribution in [3.63, 3.8) is 0 Å². The Morgan fingerprint density at radius 1 is 1.03 bits per heavy atom. The van der Waals surface area contributed by atoms with E-state index < -0.39 is 0 Å². The third-order valence-corrected chi connectivity index (χ3v) is 9.99. The maximum Gasteiger partial charge on any atom is 0.201 e. The molecule has 0 radical (unpaired) electrons. The molecule has 32 heavy (non-hydrogen) atoms. The van der Waals surface area contributed by atoms with Crippen molar-refractivity contribution in [1.82, 2.24) is 0 Å². The zero-order chi connectivity index (χ0) is 22.7. The molecule has 6 rings (SSSR count). The molecule has 2 heteroatoms. The lowest BCUT2D eigenvalue weighted by Gasteiger charge is -2.71. The van der Waals surface area contributed by atoms with Gasteiger partial charge in [-0.25, -0.2) is 0 Å². The zero-order valence-corrected chi connectivity index (χ0v) is 21.0. The maximum atomic E-state index is 2.65. The van der Waals surface area contributed by atoms with Crippen LogP contribution in [0.15, 0.2) is 48.3 Å². The van der Waals surface area contributed by atoms with E-state index in [1.807, 2.05) is 0 Å². The van der Waals surface area contributed by atoms with Crippen molar-refractivity contribution < 1.29 is 4.48 Å². The first-order chi connectivity index (χ1) is 15.1. The smallest absolute Gasteiger partial charge is 0.201 e. The molecule has 2 aromatic carbocycles. The van der Waals surface area contributed by atoms with E-state index in [2.05, 4.69) is 96.1 Å². The lowest BCUT2D eigenvalue weighted by Crippen LogP contribution is -2.78. The summed E-state index contributed by atoms with van der Waals surface area (Å²) in [7, 11) is 2.56. The Morgan fingerprint density at radius 2 is 1.81 bits per heavy atom. The van der Waals surface area contributed by atoms with Gasteiger partial charge in [0.05, 0.1) is 24.4 Å². The number of likely N-dealkylation sites (N-methyl/N-ethyl adjacent to an activating group) is 1. The van der Waals surface area contributed by atoms with Crippen molar-refractivity contribution >= 4 is 5.69 Å². The van der Waals surface area contributed by atoms with Crippen molar-refractivity contribution in [1.29, 1.82) is 0 Å². The Hall–Kier alpha value is -2.06. The monoisotopic (exact) mass is 427 g/mol. The summed E-state index contributed by atoms with van der Waals surface area (Å²) in [6.07, 6.45) is 9.13. The second-order valence-corrected chi connectivity index (χ2v) is 12.3. The van der Waals surface area contributed by atoms with Gasteiger partial charge in [0, 0.05) is 30.9 Å². The molecule has 3 heterocycles. The number of hydrogen-bond donors (Lipinski definition) is 0. The average molecular weight is 428 g/mol. The number of quaternary nitrogens is 1. The second kappa shape index (κ2) is 6.08. The van der Waals surface area contributed by atoms with E-state index in [0.29, 0.717) is 22.5 Å². The molecule has 4 aliphatic rings. The van der Waals surface area contributed by atoms with Crippen LogP contribution in [0.4, 0.5) is 5.69 Å². The molecule has 0 N–H and O–H groups in total. The number of benzene rings is 2. The van der Waals surface area contributed by atoms with Crippen molar-refractivity contribution in [2.24, 2.45) is 5.41 Å². The van der Waals surface area contributed by atoms with Crippen LogP contribution in [0.3, 0.4) is 0 Å². The van der Waals surface area contributed by atoms with Crippen molar-refractivity contribution in [2.75, 3.05) is 11.9 Å². The summed E-state index contributed by atoms with van der Waals surface area (Å²) in [5, 5.41) is 0. The van der Waals surface area contributed by atoms with Gasteiger partial charge in [-0.15, -0.1) is 0 Å². The first-order valence-corrected chi connectivity index (χ1v) is 12.7. The molecule has 1 saturated carbocycles. The largest absolute Gasteiger partial charge is 0.288 e. The minimum Gasteiger partial charge on any atom is -0.288 e. The van der Waals surface area contributed by atoms with E-state index >= 15 is 0 Å². The van der Waals surface area contributed by atoms with Gasteiger partial charge < -0.3 is 0 Å². The molecule has 2 aromatic rings. The molecule has 4 unspecified atom stereocenters. The van der Waals surface area contributed by atoms with E-state index in [0.717, 1.165) is 10.9 Å². The first kappa shape index (κ1) is 20.5. The SMILES string of the molecule is CCC12CCC1(CC)[N+]1(C)C(C)=CN3c4ccc(CC(C)(C)C)cc4-c4cccc2c4C31. The summed E-state index contributed by atoms with van der Waals surface area (Å²) in [6.45, 7) is 14.3. The standard InChI is InChI=1S/C30H39N2/c1-8-29-15-16-30(29,9-2)32(7)20(3)19-31-25-14-13-21(18-28(4,5)6)17-23(25)22-11-10-12-24(29)26(22)27(31)32/h10-14,17,19,27H,8-9,15-16,18H2,1-7H3/q+1. The zero-order valence-electron chi connectivity index (χ0n) is 21.0. The Kier molecular flexibility index (Phi) is 3.90. The molecule has 0 aromatic heterocycles. The molecule has 2 nitrogen and oxygen atoms in total. The molecular formula is C30H39N2+. The molecule has 0 amide bonds. The fraction of sp³-hybridized carbons (Fsp3) is 0.533. The van der Waals surface area contributed by atoms with Crippen molar-refractivity contribution in [2.45, 2.75) is 90.8 Å². The number of allylic oxidation sites excluding steroid dienone is 1. The van der Waals surface area contributed by atoms with Gasteiger partial charge >= 0.3 is 0 Å². The van der Waals surface area contributed by atoms with E-state index in [1.165, 1.54) is 53.8 Å². The van der Waals surface area contributed by atoms with E-state index in [1.54, 1.807) is 11.1 Å². The van der Waals surface area contributed by atoms with Crippen LogP contribution in [0.5, 0.6) is 0 Å². The number of hydrogen-bond acceptors (Lipinski definition) is 1. The molecule has 168 valence electrons. The van der Waals surface area contributed by atoms with Gasteiger partial charge in [0.15, 0.2) is 0 Å². The van der Waals surface area contributed by atoms with Gasteiger partial charge in [-0.2, -0.15) is 0 Å².